The Morgan fingerprint density at radius 1 is 0.667 bits per heavy atom. The van der Waals surface area contributed by atoms with E-state index in [2.05, 4.69) is 0 Å². The van der Waals surface area contributed by atoms with Crippen LogP contribution in [0.5, 0.6) is 0 Å². The lowest BCUT2D eigenvalue weighted by Gasteiger charge is -2.48. The number of aliphatic hydroxyl groups excluding tert-OH is 8. The SMILES string of the molecule is CCCCN1CC2OC(O)C(O)C(O)C2OCC2OC3CN(C(=N)N(CC)CC4OC(COCC3C(O)C2O)C(O)C(O)C4CO)C1=N. The van der Waals surface area contributed by atoms with Crippen molar-refractivity contribution in [2.45, 2.75) is 106 Å². The van der Waals surface area contributed by atoms with E-state index in [0.717, 1.165) is 6.42 Å². The van der Waals surface area contributed by atoms with E-state index < -0.39 is 98.0 Å². The maximum Gasteiger partial charge on any atom is 0.200 e. The normalized spacial score (nSPS) is 45.0. The lowest BCUT2D eigenvalue weighted by atomic mass is 9.86. The Balaban J connectivity index is 1.57. The Morgan fingerprint density at radius 2 is 1.31 bits per heavy atom. The molecular formula is C30H53N5O13. The minimum Gasteiger partial charge on any atom is -0.396 e. The van der Waals surface area contributed by atoms with Gasteiger partial charge in [-0.1, -0.05) is 13.3 Å². The second-order valence-electron chi connectivity index (χ2n) is 13.4. The summed E-state index contributed by atoms with van der Waals surface area (Å²) in [6, 6.07) is 0. The Bertz CT molecular complexity index is 1100. The molecule has 5 bridgehead atoms. The number of nitrogens with one attached hydrogen (secondary N) is 2. The highest BCUT2D eigenvalue weighted by Crippen LogP contribution is 2.33. The number of hydrogen-bond acceptors (Lipinski definition) is 15. The Kier molecular flexibility index (Phi) is 12.5. The van der Waals surface area contributed by atoms with Gasteiger partial charge in [0.25, 0.3) is 0 Å². The molecule has 276 valence electrons. The van der Waals surface area contributed by atoms with E-state index in [4.69, 9.17) is 23.7 Å². The summed E-state index contributed by atoms with van der Waals surface area (Å²) >= 11 is 0. The van der Waals surface area contributed by atoms with Gasteiger partial charge in [-0.2, -0.15) is 0 Å². The zero-order chi connectivity index (χ0) is 34.9. The number of hydrogen-bond donors (Lipinski definition) is 10. The van der Waals surface area contributed by atoms with Crippen LogP contribution in [-0.4, -0.2) is 206 Å². The fourth-order valence-corrected chi connectivity index (χ4v) is 7.29. The van der Waals surface area contributed by atoms with Crippen LogP contribution < -0.4 is 0 Å². The first kappa shape index (κ1) is 37.5. The molecular weight excluding hydrogens is 638 g/mol. The average Bonchev–Trinajstić information content (AvgIpc) is 3.07. The lowest BCUT2D eigenvalue weighted by molar-refractivity contribution is -0.299. The minimum absolute atomic E-state index is 0.0103. The fourth-order valence-electron chi connectivity index (χ4n) is 7.29. The van der Waals surface area contributed by atoms with Gasteiger partial charge >= 0.3 is 0 Å². The van der Waals surface area contributed by atoms with Gasteiger partial charge < -0.3 is 74.3 Å². The van der Waals surface area contributed by atoms with Crippen LogP contribution in [0, 0.1) is 22.7 Å². The summed E-state index contributed by atoms with van der Waals surface area (Å²) in [5.41, 5.74) is 0. The first-order valence-electron chi connectivity index (χ1n) is 16.9. The Labute approximate surface area is 279 Å². The van der Waals surface area contributed by atoms with Gasteiger partial charge in [0.1, 0.15) is 48.8 Å². The van der Waals surface area contributed by atoms with E-state index in [9.17, 15) is 51.7 Å². The molecule has 5 aliphatic heterocycles. The molecule has 10 N–H and O–H groups in total. The summed E-state index contributed by atoms with van der Waals surface area (Å²) in [5, 5.41) is 105. The number of unbranched alkanes of at least 4 members (excludes halogenated alkanes) is 1. The van der Waals surface area contributed by atoms with Gasteiger partial charge in [-0.25, -0.2) is 0 Å². The zero-order valence-electron chi connectivity index (χ0n) is 27.4. The van der Waals surface area contributed by atoms with Crippen LogP contribution in [0.3, 0.4) is 0 Å². The highest BCUT2D eigenvalue weighted by atomic mass is 16.7. The smallest absolute Gasteiger partial charge is 0.200 e. The molecule has 15 atom stereocenters. The average molecular weight is 692 g/mol. The molecule has 0 radical (unpaired) electrons. The Morgan fingerprint density at radius 3 is 2.00 bits per heavy atom. The number of likely N-dealkylation sites (N-methyl/N-ethyl adjacent to an activating group) is 1. The molecule has 5 aliphatic rings. The van der Waals surface area contributed by atoms with E-state index in [0.29, 0.717) is 13.0 Å². The van der Waals surface area contributed by atoms with Crippen molar-refractivity contribution in [2.24, 2.45) is 11.8 Å². The van der Waals surface area contributed by atoms with Crippen LogP contribution in [0.2, 0.25) is 0 Å². The van der Waals surface area contributed by atoms with Gasteiger partial charge in [-0.15, -0.1) is 0 Å². The van der Waals surface area contributed by atoms with Gasteiger partial charge in [0, 0.05) is 38.0 Å². The summed E-state index contributed by atoms with van der Waals surface area (Å²) in [4.78, 5) is 4.64. The quantitative estimate of drug-likeness (QED) is 0.131. The summed E-state index contributed by atoms with van der Waals surface area (Å²) < 4.78 is 30.1. The molecule has 48 heavy (non-hydrogen) atoms. The van der Waals surface area contributed by atoms with E-state index in [1.165, 1.54) is 4.90 Å². The van der Waals surface area contributed by atoms with Gasteiger partial charge in [-0.05, 0) is 13.3 Å². The molecule has 5 rings (SSSR count). The summed E-state index contributed by atoms with van der Waals surface area (Å²) in [6.07, 6.45) is -15.5. The molecule has 0 saturated carbocycles. The molecule has 0 spiro atoms. The van der Waals surface area contributed by atoms with Crippen molar-refractivity contribution in [2.75, 3.05) is 59.2 Å². The number of rotatable bonds is 5. The number of nitrogens with zero attached hydrogens (tertiary/aromatic N) is 3. The monoisotopic (exact) mass is 691 g/mol. The van der Waals surface area contributed by atoms with E-state index in [1.54, 1.807) is 16.7 Å². The maximum absolute atomic E-state index is 11.4. The van der Waals surface area contributed by atoms with Crippen LogP contribution >= 0.6 is 0 Å². The fraction of sp³-hybridized carbons (Fsp3) is 0.933. The van der Waals surface area contributed by atoms with Crippen molar-refractivity contribution in [1.82, 2.24) is 14.7 Å². The highest BCUT2D eigenvalue weighted by Gasteiger charge is 2.51. The molecule has 5 saturated heterocycles. The third kappa shape index (κ3) is 7.46. The Hall–Kier alpha value is -1.78. The number of fused-ring (bicyclic) bond motifs is 5. The molecule has 5 heterocycles. The third-order valence-corrected chi connectivity index (χ3v) is 10.3. The van der Waals surface area contributed by atoms with Crippen molar-refractivity contribution in [1.29, 1.82) is 10.8 Å². The molecule has 0 aromatic heterocycles. The zero-order valence-corrected chi connectivity index (χ0v) is 27.4. The molecule has 0 aromatic rings. The van der Waals surface area contributed by atoms with Gasteiger partial charge in [-0.3, -0.25) is 15.7 Å². The summed E-state index contributed by atoms with van der Waals surface area (Å²) in [5.74, 6) is -2.07. The highest BCUT2D eigenvalue weighted by molar-refractivity contribution is 5.96. The standard InChI is InChI=1S/C30H53N5O13/c1-3-5-6-34-8-18-27(25(41)26(42)28(43)48-18)45-13-20-24(40)22(38)15-11-44-12-19-23(39)21(37)14(10-36)16(46-19)7-33(4-2)29(31)35(30(34)32)9-17(15)47-20/h14-28,31-32,36-43H,3-13H2,1-2H3. The molecule has 15 unspecified atom stereocenters. The molecule has 18 heteroatoms. The van der Waals surface area contributed by atoms with E-state index >= 15 is 0 Å². The molecule has 0 aromatic carbocycles. The summed E-state index contributed by atoms with van der Waals surface area (Å²) in [6.45, 7) is 2.96. The van der Waals surface area contributed by atoms with Crippen molar-refractivity contribution in [3.63, 3.8) is 0 Å². The largest absolute Gasteiger partial charge is 0.396 e. The molecule has 18 nitrogen and oxygen atoms in total. The lowest BCUT2D eigenvalue weighted by Crippen LogP contribution is -2.66. The van der Waals surface area contributed by atoms with Crippen molar-refractivity contribution in [3.05, 3.63) is 0 Å². The van der Waals surface area contributed by atoms with E-state index in [1.807, 2.05) is 6.92 Å². The maximum atomic E-state index is 11.4. The van der Waals surface area contributed by atoms with Crippen LogP contribution in [0.15, 0.2) is 0 Å². The minimum atomic E-state index is -1.74. The van der Waals surface area contributed by atoms with Crippen LogP contribution in [-0.2, 0) is 23.7 Å². The van der Waals surface area contributed by atoms with Crippen molar-refractivity contribution < 1.29 is 64.5 Å². The van der Waals surface area contributed by atoms with Crippen molar-refractivity contribution >= 4 is 11.9 Å². The topological polar surface area (TPSA) is 265 Å². The number of ether oxygens (including phenoxy) is 5. The van der Waals surface area contributed by atoms with Gasteiger partial charge in [0.05, 0.1) is 57.4 Å². The second-order valence-corrected chi connectivity index (χ2v) is 13.4. The number of guanidine groups is 2. The van der Waals surface area contributed by atoms with Crippen LogP contribution in [0.25, 0.3) is 0 Å². The third-order valence-electron chi connectivity index (χ3n) is 10.3. The molecule has 5 fully saturated rings. The van der Waals surface area contributed by atoms with Gasteiger partial charge in [0.15, 0.2) is 6.29 Å². The predicted molar refractivity (Wildman–Crippen MR) is 165 cm³/mol. The predicted octanol–water partition coefficient (Wildman–Crippen LogP) is -4.35. The van der Waals surface area contributed by atoms with Crippen LogP contribution in [0.1, 0.15) is 26.7 Å². The number of aliphatic hydroxyl groups is 8. The molecule has 0 aliphatic carbocycles. The van der Waals surface area contributed by atoms with Crippen LogP contribution in [0.4, 0.5) is 0 Å². The van der Waals surface area contributed by atoms with Crippen molar-refractivity contribution in [3.8, 4) is 0 Å². The first-order chi connectivity index (χ1) is 22.9. The summed E-state index contributed by atoms with van der Waals surface area (Å²) in [7, 11) is 0. The molecule has 0 amide bonds. The second kappa shape index (κ2) is 16.1. The first-order valence-corrected chi connectivity index (χ1v) is 16.9. The van der Waals surface area contributed by atoms with E-state index in [-0.39, 0.29) is 57.9 Å². The van der Waals surface area contributed by atoms with Gasteiger partial charge in [0.2, 0.25) is 11.9 Å².